The number of amides is 1. The molecule has 0 unspecified atom stereocenters. The molecule has 0 aliphatic rings. The summed E-state index contributed by atoms with van der Waals surface area (Å²) in [4.78, 5) is 28.7. The Hall–Kier alpha value is -3.08. The molecule has 29 heavy (non-hydrogen) atoms. The molecule has 1 amide bonds. The summed E-state index contributed by atoms with van der Waals surface area (Å²) >= 11 is 0. The summed E-state index contributed by atoms with van der Waals surface area (Å²) in [7, 11) is -3.76. The highest BCUT2D eigenvalue weighted by Gasteiger charge is 2.15. The van der Waals surface area contributed by atoms with Crippen LogP contribution in [0.1, 0.15) is 24.4 Å². The number of para-hydroxylation sites is 1. The summed E-state index contributed by atoms with van der Waals surface area (Å²) < 4.78 is 24.0. The molecule has 3 rings (SSSR count). The number of primary amides is 1. The number of hydrogen-bond acceptors (Lipinski definition) is 6. The predicted molar refractivity (Wildman–Crippen MR) is 108 cm³/mol. The molecule has 0 saturated heterocycles. The van der Waals surface area contributed by atoms with Crippen molar-refractivity contribution in [3.05, 3.63) is 70.3 Å². The highest BCUT2D eigenvalue weighted by Crippen LogP contribution is 2.16. The van der Waals surface area contributed by atoms with E-state index in [-0.39, 0.29) is 29.6 Å². The van der Waals surface area contributed by atoms with Crippen LogP contribution in [0.5, 0.6) is 0 Å². The normalized spacial score (nSPS) is 12.8. The third-order valence-electron chi connectivity index (χ3n) is 4.53. The van der Waals surface area contributed by atoms with Gasteiger partial charge < -0.3 is 11.1 Å². The van der Waals surface area contributed by atoms with Crippen molar-refractivity contribution in [2.45, 2.75) is 31.0 Å². The highest BCUT2D eigenvalue weighted by atomic mass is 32.2. The van der Waals surface area contributed by atoms with E-state index in [4.69, 9.17) is 10.9 Å². The lowest BCUT2D eigenvalue weighted by molar-refractivity contribution is -0.118. The molecule has 0 aliphatic carbocycles. The van der Waals surface area contributed by atoms with Crippen LogP contribution in [0.2, 0.25) is 0 Å². The van der Waals surface area contributed by atoms with E-state index in [0.29, 0.717) is 16.7 Å². The lowest BCUT2D eigenvalue weighted by Crippen LogP contribution is -2.33. The molecule has 10 heteroatoms. The summed E-state index contributed by atoms with van der Waals surface area (Å²) in [6.07, 6.45) is 0. The Kier molecular flexibility index (Phi) is 5.78. The molecule has 0 saturated carbocycles. The Morgan fingerprint density at radius 3 is 2.45 bits per heavy atom. The first kappa shape index (κ1) is 20.6. The van der Waals surface area contributed by atoms with Gasteiger partial charge in [-0.3, -0.25) is 14.2 Å². The number of rotatable bonds is 7. The SMILES string of the molecule is C[C@H](NCc1nc2ccccc2c(=O)n1CC(N)=O)c1ccc(S(N)(=O)=O)cc1. The van der Waals surface area contributed by atoms with Gasteiger partial charge >= 0.3 is 0 Å². The average molecular weight is 415 g/mol. The van der Waals surface area contributed by atoms with Gasteiger partial charge in [-0.05, 0) is 36.8 Å². The molecule has 9 nitrogen and oxygen atoms in total. The molecule has 0 spiro atoms. The van der Waals surface area contributed by atoms with Gasteiger partial charge in [0.05, 0.1) is 22.3 Å². The lowest BCUT2D eigenvalue weighted by atomic mass is 10.1. The van der Waals surface area contributed by atoms with Crippen LogP contribution in [0.3, 0.4) is 0 Å². The number of nitrogens with one attached hydrogen (secondary N) is 1. The minimum Gasteiger partial charge on any atom is -0.368 e. The monoisotopic (exact) mass is 415 g/mol. The Balaban J connectivity index is 1.87. The number of sulfonamides is 1. The van der Waals surface area contributed by atoms with Crippen molar-refractivity contribution in [1.82, 2.24) is 14.9 Å². The molecular weight excluding hydrogens is 394 g/mol. The third kappa shape index (κ3) is 4.67. The van der Waals surface area contributed by atoms with Crippen molar-refractivity contribution in [3.63, 3.8) is 0 Å². The van der Waals surface area contributed by atoms with Crippen LogP contribution >= 0.6 is 0 Å². The van der Waals surface area contributed by atoms with Crippen molar-refractivity contribution in [3.8, 4) is 0 Å². The van der Waals surface area contributed by atoms with Crippen molar-refractivity contribution < 1.29 is 13.2 Å². The van der Waals surface area contributed by atoms with Gasteiger partial charge in [0, 0.05) is 6.04 Å². The minimum atomic E-state index is -3.76. The fraction of sp³-hybridized carbons (Fsp3) is 0.211. The van der Waals surface area contributed by atoms with E-state index < -0.39 is 15.9 Å². The van der Waals surface area contributed by atoms with Crippen molar-refractivity contribution in [2.75, 3.05) is 0 Å². The highest BCUT2D eigenvalue weighted by molar-refractivity contribution is 7.89. The molecule has 2 aromatic carbocycles. The molecule has 0 radical (unpaired) electrons. The van der Waals surface area contributed by atoms with Crippen LogP contribution in [-0.2, 0) is 27.9 Å². The standard InChI is InChI=1S/C19H21N5O4S/c1-12(13-6-8-14(9-7-13)29(21,27)28)22-10-18-23-16-5-3-2-4-15(16)19(26)24(18)11-17(20)25/h2-9,12,22H,10-11H2,1H3,(H2,20,25)(H2,21,27,28)/t12-/m0/s1. The van der Waals surface area contributed by atoms with E-state index >= 15 is 0 Å². The zero-order chi connectivity index (χ0) is 21.2. The van der Waals surface area contributed by atoms with Crippen LogP contribution in [0.15, 0.2) is 58.2 Å². The van der Waals surface area contributed by atoms with Crippen molar-refractivity contribution in [1.29, 1.82) is 0 Å². The zero-order valence-corrected chi connectivity index (χ0v) is 16.5. The van der Waals surface area contributed by atoms with Gasteiger partial charge in [-0.2, -0.15) is 0 Å². The van der Waals surface area contributed by atoms with Gasteiger partial charge in [0.1, 0.15) is 12.4 Å². The predicted octanol–water partition coefficient (Wildman–Crippen LogP) is 0.380. The van der Waals surface area contributed by atoms with Gasteiger partial charge in [0.25, 0.3) is 5.56 Å². The van der Waals surface area contributed by atoms with E-state index in [9.17, 15) is 18.0 Å². The molecule has 0 fully saturated rings. The summed E-state index contributed by atoms with van der Waals surface area (Å²) in [5.41, 5.74) is 6.31. The number of aromatic nitrogens is 2. The number of nitrogens with two attached hydrogens (primary N) is 2. The first-order chi connectivity index (χ1) is 13.7. The Labute approximate surface area is 167 Å². The first-order valence-electron chi connectivity index (χ1n) is 8.79. The number of benzene rings is 2. The topological polar surface area (TPSA) is 150 Å². The van der Waals surface area contributed by atoms with Crippen LogP contribution in [0.4, 0.5) is 0 Å². The quantitative estimate of drug-likeness (QED) is 0.508. The summed E-state index contributed by atoms with van der Waals surface area (Å²) in [5.74, 6) is -0.266. The first-order valence-corrected chi connectivity index (χ1v) is 10.3. The molecule has 0 bridgehead atoms. The van der Waals surface area contributed by atoms with Crippen LogP contribution < -0.4 is 21.7 Å². The molecular formula is C19H21N5O4S. The molecule has 3 aromatic rings. The number of nitrogens with zero attached hydrogens (tertiary/aromatic N) is 2. The minimum absolute atomic E-state index is 0.0277. The van der Waals surface area contributed by atoms with E-state index in [2.05, 4.69) is 10.3 Å². The van der Waals surface area contributed by atoms with Gasteiger partial charge in [-0.1, -0.05) is 24.3 Å². The van der Waals surface area contributed by atoms with E-state index in [1.807, 2.05) is 6.92 Å². The number of carbonyl (C=O) groups is 1. The van der Waals surface area contributed by atoms with Gasteiger partial charge in [-0.15, -0.1) is 0 Å². The van der Waals surface area contributed by atoms with E-state index in [0.717, 1.165) is 5.56 Å². The molecule has 1 atom stereocenters. The summed E-state index contributed by atoms with van der Waals surface area (Å²) in [6.45, 7) is 1.81. The Morgan fingerprint density at radius 2 is 1.83 bits per heavy atom. The third-order valence-corrected chi connectivity index (χ3v) is 5.46. The molecule has 0 aliphatic heterocycles. The average Bonchev–Trinajstić information content (AvgIpc) is 2.68. The number of fused-ring (bicyclic) bond motifs is 1. The molecule has 1 heterocycles. The largest absolute Gasteiger partial charge is 0.368 e. The fourth-order valence-electron chi connectivity index (χ4n) is 2.98. The van der Waals surface area contributed by atoms with E-state index in [1.165, 1.54) is 16.7 Å². The number of hydrogen-bond donors (Lipinski definition) is 3. The van der Waals surface area contributed by atoms with Crippen molar-refractivity contribution >= 4 is 26.8 Å². The zero-order valence-electron chi connectivity index (χ0n) is 15.7. The molecule has 1 aromatic heterocycles. The van der Waals surface area contributed by atoms with Crippen LogP contribution in [0.25, 0.3) is 10.9 Å². The van der Waals surface area contributed by atoms with Gasteiger partial charge in [-0.25, -0.2) is 18.5 Å². The molecule has 5 N–H and O–H groups in total. The second-order valence-electron chi connectivity index (χ2n) is 6.62. The van der Waals surface area contributed by atoms with Gasteiger partial charge in [0.15, 0.2) is 0 Å². The Morgan fingerprint density at radius 1 is 1.17 bits per heavy atom. The number of carbonyl (C=O) groups excluding carboxylic acids is 1. The Bertz CT molecular complexity index is 1220. The maximum atomic E-state index is 12.7. The number of primary sulfonamides is 1. The van der Waals surface area contributed by atoms with Gasteiger partial charge in [0.2, 0.25) is 15.9 Å². The van der Waals surface area contributed by atoms with E-state index in [1.54, 1.807) is 36.4 Å². The van der Waals surface area contributed by atoms with Crippen LogP contribution in [-0.4, -0.2) is 23.9 Å². The van der Waals surface area contributed by atoms with Crippen LogP contribution in [0, 0.1) is 0 Å². The van der Waals surface area contributed by atoms with Crippen molar-refractivity contribution in [2.24, 2.45) is 10.9 Å². The fourth-order valence-corrected chi connectivity index (χ4v) is 3.49. The summed E-state index contributed by atoms with van der Waals surface area (Å²) in [5, 5.41) is 8.74. The maximum Gasteiger partial charge on any atom is 0.261 e. The summed E-state index contributed by atoms with van der Waals surface area (Å²) in [6, 6.07) is 12.9. The second-order valence-corrected chi connectivity index (χ2v) is 8.18. The smallest absolute Gasteiger partial charge is 0.261 e. The molecule has 152 valence electrons. The lowest BCUT2D eigenvalue weighted by Gasteiger charge is -2.17. The second kappa shape index (κ2) is 8.11. The maximum absolute atomic E-state index is 12.7.